The van der Waals surface area contributed by atoms with Crippen LogP contribution in [0.3, 0.4) is 0 Å². The van der Waals surface area contributed by atoms with Crippen LogP contribution < -0.4 is 23.7 Å². The van der Waals surface area contributed by atoms with Gasteiger partial charge in [0.25, 0.3) is 10.1 Å². The van der Waals surface area contributed by atoms with Gasteiger partial charge in [0.1, 0.15) is 0 Å². The minimum Gasteiger partial charge on any atom is -0.493 e. The third kappa shape index (κ3) is 8.54. The van der Waals surface area contributed by atoms with Crippen molar-refractivity contribution in [1.82, 2.24) is 9.80 Å². The second kappa shape index (κ2) is 16.6. The Hall–Kier alpha value is -4.26. The first-order chi connectivity index (χ1) is 24.1. The summed E-state index contributed by atoms with van der Waals surface area (Å²) in [5.74, 6) is 2.97. The van der Waals surface area contributed by atoms with Crippen LogP contribution in [0, 0.1) is 6.92 Å². The van der Waals surface area contributed by atoms with E-state index >= 15 is 0 Å². The van der Waals surface area contributed by atoms with Crippen LogP contribution in [0.4, 0.5) is 0 Å². The van der Waals surface area contributed by atoms with E-state index in [0.717, 1.165) is 40.7 Å². The quantitative estimate of drug-likeness (QED) is 0.154. The second-order valence-corrected chi connectivity index (χ2v) is 14.2. The largest absolute Gasteiger partial charge is 0.493 e. The molecule has 0 bridgehead atoms. The molecule has 1 atom stereocenters. The lowest BCUT2D eigenvalue weighted by molar-refractivity contribution is -0.132. The van der Waals surface area contributed by atoms with E-state index in [1.54, 1.807) is 59.8 Å². The Morgan fingerprint density at radius 2 is 1.48 bits per heavy atom. The number of benzene rings is 3. The molecule has 0 radical (unpaired) electrons. The summed E-state index contributed by atoms with van der Waals surface area (Å²) < 4.78 is 58.9. The van der Waals surface area contributed by atoms with Gasteiger partial charge >= 0.3 is 0 Å². The fraction of sp³-hybridized carbons (Fsp3) is 0.447. The third-order valence-corrected chi connectivity index (χ3v) is 10.7. The van der Waals surface area contributed by atoms with Gasteiger partial charge < -0.3 is 28.6 Å². The van der Waals surface area contributed by atoms with Gasteiger partial charge in [0, 0.05) is 37.8 Å². The first kappa shape index (κ1) is 37.0. The molecule has 50 heavy (non-hydrogen) atoms. The van der Waals surface area contributed by atoms with Gasteiger partial charge in [0.15, 0.2) is 23.0 Å². The molecule has 1 unspecified atom stereocenters. The molecule has 1 aliphatic heterocycles. The maximum atomic E-state index is 14.3. The van der Waals surface area contributed by atoms with Crippen LogP contribution in [-0.4, -0.2) is 92.0 Å². The van der Waals surface area contributed by atoms with Crippen molar-refractivity contribution in [2.45, 2.75) is 56.5 Å². The number of methoxy groups -OCH3 is 5. The highest BCUT2D eigenvalue weighted by molar-refractivity contribution is 7.86. The van der Waals surface area contributed by atoms with Crippen LogP contribution in [0.25, 0.3) is 6.08 Å². The molecule has 2 aliphatic rings. The van der Waals surface area contributed by atoms with Crippen LogP contribution in [-0.2, 0) is 32.1 Å². The number of piperazine rings is 1. The Kier molecular flexibility index (Phi) is 12.3. The van der Waals surface area contributed by atoms with Gasteiger partial charge in [-0.3, -0.25) is 13.9 Å². The Morgan fingerprint density at radius 1 is 0.820 bits per heavy atom. The summed E-state index contributed by atoms with van der Waals surface area (Å²) >= 11 is 0. The summed E-state index contributed by atoms with van der Waals surface area (Å²) in [7, 11) is 4.09. The SMILES string of the molecule is COc1cc2c(cc1OC)CCCC(C(=O)N1CCN(Cc3cc(OC)c(OC)c(OC)c3)CC1CCCOS(=O)(=O)c1ccc(C)cc1)=C2. The van der Waals surface area contributed by atoms with Crippen molar-refractivity contribution >= 4 is 22.1 Å². The summed E-state index contributed by atoms with van der Waals surface area (Å²) in [5.41, 5.74) is 4.77. The molecule has 11 nitrogen and oxygen atoms in total. The van der Waals surface area contributed by atoms with E-state index < -0.39 is 10.1 Å². The van der Waals surface area contributed by atoms with E-state index in [1.165, 1.54) is 0 Å². The molecular formula is C38H48N2O9S. The molecule has 1 saturated heterocycles. The zero-order chi connectivity index (χ0) is 35.8. The minimum atomic E-state index is -3.89. The lowest BCUT2D eigenvalue weighted by Gasteiger charge is -2.42. The van der Waals surface area contributed by atoms with Crippen molar-refractivity contribution < 1.29 is 41.1 Å². The number of hydrogen-bond acceptors (Lipinski definition) is 10. The van der Waals surface area contributed by atoms with Crippen molar-refractivity contribution in [3.05, 3.63) is 76.4 Å². The van der Waals surface area contributed by atoms with E-state index in [1.807, 2.05) is 42.2 Å². The van der Waals surface area contributed by atoms with E-state index in [0.29, 0.717) is 74.2 Å². The maximum absolute atomic E-state index is 14.3. The fourth-order valence-electron chi connectivity index (χ4n) is 6.69. The number of carbonyl (C=O) groups excluding carboxylic acids is 1. The predicted octanol–water partition coefficient (Wildman–Crippen LogP) is 5.66. The van der Waals surface area contributed by atoms with Gasteiger partial charge in [-0.05, 0) is 98.2 Å². The summed E-state index contributed by atoms with van der Waals surface area (Å²) in [6.45, 7) is 4.29. The highest BCUT2D eigenvalue weighted by Gasteiger charge is 2.33. The molecule has 0 N–H and O–H groups in total. The molecule has 3 aromatic rings. The molecule has 12 heteroatoms. The average molecular weight is 709 g/mol. The zero-order valence-corrected chi connectivity index (χ0v) is 30.6. The van der Waals surface area contributed by atoms with Crippen molar-refractivity contribution in [2.75, 3.05) is 61.8 Å². The first-order valence-electron chi connectivity index (χ1n) is 16.8. The van der Waals surface area contributed by atoms with Crippen LogP contribution in [0.15, 0.2) is 59.0 Å². The lowest BCUT2D eigenvalue weighted by Crippen LogP contribution is -2.55. The number of fused-ring (bicyclic) bond motifs is 1. The summed E-state index contributed by atoms with van der Waals surface area (Å²) in [4.78, 5) is 18.7. The normalized spacial score (nSPS) is 16.6. The van der Waals surface area contributed by atoms with Crippen molar-refractivity contribution in [3.8, 4) is 28.7 Å². The molecule has 5 rings (SSSR count). The third-order valence-electron chi connectivity index (χ3n) is 9.33. The first-order valence-corrected chi connectivity index (χ1v) is 18.2. The van der Waals surface area contributed by atoms with Gasteiger partial charge in [0.2, 0.25) is 11.7 Å². The molecule has 1 heterocycles. The fourth-order valence-corrected chi connectivity index (χ4v) is 7.64. The van der Waals surface area contributed by atoms with Crippen molar-refractivity contribution in [2.24, 2.45) is 0 Å². The molecule has 0 spiro atoms. The molecule has 1 aliphatic carbocycles. The predicted molar refractivity (Wildman–Crippen MR) is 191 cm³/mol. The van der Waals surface area contributed by atoms with E-state index in [9.17, 15) is 13.2 Å². The van der Waals surface area contributed by atoms with E-state index in [4.69, 9.17) is 27.9 Å². The van der Waals surface area contributed by atoms with E-state index in [-0.39, 0.29) is 23.5 Å². The number of aryl methyl sites for hydroxylation is 2. The molecule has 0 aromatic heterocycles. The lowest BCUT2D eigenvalue weighted by atomic mass is 10.0. The summed E-state index contributed by atoms with van der Waals surface area (Å²) in [6, 6.07) is 14.2. The highest BCUT2D eigenvalue weighted by Crippen LogP contribution is 2.39. The Balaban J connectivity index is 1.36. The minimum absolute atomic E-state index is 0.00161. The Bertz CT molecular complexity index is 1770. The zero-order valence-electron chi connectivity index (χ0n) is 29.8. The smallest absolute Gasteiger partial charge is 0.296 e. The van der Waals surface area contributed by atoms with Crippen molar-refractivity contribution in [3.63, 3.8) is 0 Å². The average Bonchev–Trinajstić information content (AvgIpc) is 3.34. The Morgan fingerprint density at radius 3 is 2.12 bits per heavy atom. The van der Waals surface area contributed by atoms with Crippen LogP contribution >= 0.6 is 0 Å². The molecule has 1 fully saturated rings. The highest BCUT2D eigenvalue weighted by atomic mass is 32.2. The van der Waals surface area contributed by atoms with Crippen LogP contribution in [0.2, 0.25) is 0 Å². The van der Waals surface area contributed by atoms with Gasteiger partial charge in [-0.25, -0.2) is 0 Å². The van der Waals surface area contributed by atoms with Gasteiger partial charge in [0.05, 0.1) is 47.1 Å². The molecule has 3 aromatic carbocycles. The maximum Gasteiger partial charge on any atom is 0.296 e. The number of carbonyl (C=O) groups is 1. The van der Waals surface area contributed by atoms with Gasteiger partial charge in [-0.2, -0.15) is 8.42 Å². The number of rotatable bonds is 14. The van der Waals surface area contributed by atoms with Crippen molar-refractivity contribution in [1.29, 1.82) is 0 Å². The van der Waals surface area contributed by atoms with Gasteiger partial charge in [-0.15, -0.1) is 0 Å². The molecular weight excluding hydrogens is 660 g/mol. The number of nitrogens with zero attached hydrogens (tertiary/aromatic N) is 2. The van der Waals surface area contributed by atoms with Crippen LogP contribution in [0.1, 0.15) is 47.9 Å². The number of ether oxygens (including phenoxy) is 5. The Labute approximate surface area is 295 Å². The second-order valence-electron chi connectivity index (χ2n) is 12.6. The standard InChI is InChI=1S/C38H48N2O9S/c1-26-12-14-32(15-13-26)50(42,43)49-18-8-11-31-25-39(24-27-19-35(46-4)37(48-6)36(20-27)47-5)16-17-40(31)38(41)29-10-7-9-28-22-33(44-2)34(45-3)23-30(28)21-29/h12-15,19-23,31H,7-11,16-18,24-25H2,1-6H3. The molecule has 0 saturated carbocycles. The molecule has 1 amide bonds. The van der Waals surface area contributed by atoms with E-state index in [2.05, 4.69) is 4.90 Å². The van der Waals surface area contributed by atoms with Crippen LogP contribution in [0.5, 0.6) is 28.7 Å². The summed E-state index contributed by atoms with van der Waals surface area (Å²) in [6.07, 6.45) is 5.31. The molecule has 270 valence electrons. The summed E-state index contributed by atoms with van der Waals surface area (Å²) in [5, 5.41) is 0. The van der Waals surface area contributed by atoms with Gasteiger partial charge in [-0.1, -0.05) is 17.7 Å². The monoisotopic (exact) mass is 708 g/mol. The number of amides is 1. The topological polar surface area (TPSA) is 113 Å². The number of hydrogen-bond donors (Lipinski definition) is 0.